The Kier molecular flexibility index (Phi) is 6.22. The number of carbonyl (C=O) groups is 1. The number of aryl methyl sites for hydroxylation is 1. The summed E-state index contributed by atoms with van der Waals surface area (Å²) in [7, 11) is 0. The average molecular weight is 368 g/mol. The zero-order valence-corrected chi connectivity index (χ0v) is 15.6. The van der Waals surface area contributed by atoms with E-state index < -0.39 is 5.91 Å². The van der Waals surface area contributed by atoms with E-state index in [1.807, 2.05) is 73.7 Å². The summed E-state index contributed by atoms with van der Waals surface area (Å²) in [5.41, 5.74) is 3.74. The summed E-state index contributed by atoms with van der Waals surface area (Å²) in [4.78, 5) is 12.3. The maximum Gasteiger partial charge on any atom is 0.266 e. The maximum atomic E-state index is 12.3. The Labute approximate surface area is 164 Å². The van der Waals surface area contributed by atoms with Gasteiger partial charge in [-0.1, -0.05) is 60.2 Å². The van der Waals surface area contributed by atoms with Crippen LogP contribution < -0.4 is 10.1 Å². The molecule has 1 N–H and O–H groups in total. The third-order valence-electron chi connectivity index (χ3n) is 4.08. The van der Waals surface area contributed by atoms with Gasteiger partial charge in [0.2, 0.25) is 0 Å². The SMILES string of the molecule is Cc1cccc(COc2ccc(/C=C(\C#N)C(=O)Nc3ccccc3)cc2)c1. The Morgan fingerprint density at radius 1 is 1.04 bits per heavy atom. The van der Waals surface area contributed by atoms with E-state index in [2.05, 4.69) is 11.4 Å². The smallest absolute Gasteiger partial charge is 0.266 e. The third-order valence-corrected chi connectivity index (χ3v) is 4.08. The largest absolute Gasteiger partial charge is 0.489 e. The first-order valence-electron chi connectivity index (χ1n) is 8.90. The minimum atomic E-state index is -0.437. The Morgan fingerprint density at radius 2 is 1.79 bits per heavy atom. The number of hydrogen-bond donors (Lipinski definition) is 1. The third kappa shape index (κ3) is 5.33. The van der Waals surface area contributed by atoms with Crippen molar-refractivity contribution in [1.29, 1.82) is 5.26 Å². The molecule has 0 unspecified atom stereocenters. The summed E-state index contributed by atoms with van der Waals surface area (Å²) in [6, 6.07) is 26.4. The van der Waals surface area contributed by atoms with E-state index in [4.69, 9.17) is 4.74 Å². The first-order valence-corrected chi connectivity index (χ1v) is 8.90. The van der Waals surface area contributed by atoms with Crippen molar-refractivity contribution in [3.63, 3.8) is 0 Å². The van der Waals surface area contributed by atoms with Gasteiger partial charge in [0.1, 0.15) is 24.0 Å². The van der Waals surface area contributed by atoms with Crippen LogP contribution in [0.2, 0.25) is 0 Å². The van der Waals surface area contributed by atoms with Crippen molar-refractivity contribution in [2.45, 2.75) is 13.5 Å². The van der Waals surface area contributed by atoms with Crippen LogP contribution in [0.1, 0.15) is 16.7 Å². The van der Waals surface area contributed by atoms with Gasteiger partial charge in [0, 0.05) is 5.69 Å². The molecule has 4 heteroatoms. The molecule has 3 aromatic rings. The van der Waals surface area contributed by atoms with Crippen molar-refractivity contribution < 1.29 is 9.53 Å². The van der Waals surface area contributed by atoms with Crippen LogP contribution in [0.25, 0.3) is 6.08 Å². The normalized spacial score (nSPS) is 10.8. The van der Waals surface area contributed by atoms with Gasteiger partial charge in [0.15, 0.2) is 0 Å². The number of para-hydroxylation sites is 1. The second-order valence-corrected chi connectivity index (χ2v) is 6.34. The van der Waals surface area contributed by atoms with Gasteiger partial charge in [-0.15, -0.1) is 0 Å². The number of anilines is 1. The minimum absolute atomic E-state index is 0.0392. The van der Waals surface area contributed by atoms with Gasteiger partial charge in [-0.3, -0.25) is 4.79 Å². The molecular formula is C24H20N2O2. The van der Waals surface area contributed by atoms with Crippen LogP contribution in [0.4, 0.5) is 5.69 Å². The Bertz CT molecular complexity index is 1020. The van der Waals surface area contributed by atoms with Gasteiger partial charge in [-0.2, -0.15) is 5.26 Å². The van der Waals surface area contributed by atoms with Crippen molar-refractivity contribution in [2.75, 3.05) is 5.32 Å². The van der Waals surface area contributed by atoms with E-state index in [1.54, 1.807) is 18.2 Å². The predicted molar refractivity (Wildman–Crippen MR) is 111 cm³/mol. The molecule has 1 amide bonds. The fourth-order valence-electron chi connectivity index (χ4n) is 2.66. The highest BCUT2D eigenvalue weighted by Gasteiger charge is 2.09. The molecule has 0 bridgehead atoms. The summed E-state index contributed by atoms with van der Waals surface area (Å²) in [5.74, 6) is 0.291. The molecule has 0 heterocycles. The van der Waals surface area contributed by atoms with Gasteiger partial charge < -0.3 is 10.1 Å². The molecule has 3 aromatic carbocycles. The van der Waals surface area contributed by atoms with Gasteiger partial charge in [0.05, 0.1) is 0 Å². The fourth-order valence-corrected chi connectivity index (χ4v) is 2.66. The zero-order valence-electron chi connectivity index (χ0n) is 15.6. The Hall–Kier alpha value is -3.84. The second kappa shape index (κ2) is 9.20. The number of ether oxygens (including phenoxy) is 1. The lowest BCUT2D eigenvalue weighted by molar-refractivity contribution is -0.112. The minimum Gasteiger partial charge on any atom is -0.489 e. The first-order chi connectivity index (χ1) is 13.6. The highest BCUT2D eigenvalue weighted by atomic mass is 16.5. The van der Waals surface area contributed by atoms with E-state index in [-0.39, 0.29) is 5.57 Å². The van der Waals surface area contributed by atoms with Crippen molar-refractivity contribution >= 4 is 17.7 Å². The molecule has 3 rings (SSSR count). The fraction of sp³-hybridized carbons (Fsp3) is 0.0833. The topological polar surface area (TPSA) is 62.1 Å². The molecule has 0 aliphatic rings. The molecule has 4 nitrogen and oxygen atoms in total. The number of amides is 1. The summed E-state index contributed by atoms with van der Waals surface area (Å²) < 4.78 is 5.79. The second-order valence-electron chi connectivity index (χ2n) is 6.34. The Balaban J connectivity index is 1.64. The van der Waals surface area contributed by atoms with E-state index in [0.29, 0.717) is 12.3 Å². The van der Waals surface area contributed by atoms with Crippen molar-refractivity contribution in [2.24, 2.45) is 0 Å². The molecule has 0 saturated heterocycles. The highest BCUT2D eigenvalue weighted by molar-refractivity contribution is 6.09. The number of nitriles is 1. The van der Waals surface area contributed by atoms with Crippen molar-refractivity contribution in [3.8, 4) is 11.8 Å². The lowest BCUT2D eigenvalue weighted by Gasteiger charge is -2.07. The zero-order chi connectivity index (χ0) is 19.8. The molecule has 0 aliphatic heterocycles. The van der Waals surface area contributed by atoms with Crippen LogP contribution in [0, 0.1) is 18.3 Å². The first kappa shape index (κ1) is 18.9. The number of benzene rings is 3. The quantitative estimate of drug-likeness (QED) is 0.485. The van der Waals surface area contributed by atoms with Crippen molar-refractivity contribution in [3.05, 3.63) is 101 Å². The average Bonchev–Trinajstić information content (AvgIpc) is 2.72. The molecular weight excluding hydrogens is 348 g/mol. The molecule has 0 saturated carbocycles. The lowest BCUT2D eigenvalue weighted by atomic mass is 10.1. The summed E-state index contributed by atoms with van der Waals surface area (Å²) >= 11 is 0. The van der Waals surface area contributed by atoms with Crippen LogP contribution in [0.15, 0.2) is 84.4 Å². The van der Waals surface area contributed by atoms with E-state index in [9.17, 15) is 10.1 Å². The van der Waals surface area contributed by atoms with Crippen LogP contribution in [-0.4, -0.2) is 5.91 Å². The summed E-state index contributed by atoms with van der Waals surface area (Å²) in [6.45, 7) is 2.53. The predicted octanol–water partition coefficient (Wildman–Crippen LogP) is 5.12. The molecule has 138 valence electrons. The van der Waals surface area contributed by atoms with Gasteiger partial charge in [-0.25, -0.2) is 0 Å². The molecule has 0 fully saturated rings. The molecule has 0 atom stereocenters. The van der Waals surface area contributed by atoms with Crippen LogP contribution in [0.3, 0.4) is 0 Å². The van der Waals surface area contributed by atoms with Crippen LogP contribution in [-0.2, 0) is 11.4 Å². The number of nitrogens with one attached hydrogen (secondary N) is 1. The van der Waals surface area contributed by atoms with Gasteiger partial charge >= 0.3 is 0 Å². The van der Waals surface area contributed by atoms with Gasteiger partial charge in [-0.05, 0) is 48.4 Å². The van der Waals surface area contributed by atoms with E-state index >= 15 is 0 Å². The van der Waals surface area contributed by atoms with Crippen LogP contribution >= 0.6 is 0 Å². The molecule has 28 heavy (non-hydrogen) atoms. The maximum absolute atomic E-state index is 12.3. The standard InChI is InChI=1S/C24H20N2O2/c1-18-6-5-7-20(14-18)17-28-23-12-10-19(11-13-23)15-21(16-25)24(27)26-22-8-3-2-4-9-22/h2-15H,17H2,1H3,(H,26,27)/b21-15+. The number of hydrogen-bond acceptors (Lipinski definition) is 3. The Morgan fingerprint density at radius 3 is 2.46 bits per heavy atom. The monoisotopic (exact) mass is 368 g/mol. The molecule has 0 radical (unpaired) electrons. The lowest BCUT2D eigenvalue weighted by Crippen LogP contribution is -2.13. The molecule has 0 spiro atoms. The highest BCUT2D eigenvalue weighted by Crippen LogP contribution is 2.17. The summed E-state index contributed by atoms with van der Waals surface area (Å²) in [5, 5.41) is 12.0. The van der Waals surface area contributed by atoms with E-state index in [0.717, 1.165) is 16.9 Å². The number of nitrogens with zero attached hydrogens (tertiary/aromatic N) is 1. The summed E-state index contributed by atoms with van der Waals surface area (Å²) in [6.07, 6.45) is 1.56. The van der Waals surface area contributed by atoms with Crippen molar-refractivity contribution in [1.82, 2.24) is 0 Å². The molecule has 0 aromatic heterocycles. The number of rotatable bonds is 6. The van der Waals surface area contributed by atoms with Crippen LogP contribution in [0.5, 0.6) is 5.75 Å². The number of carbonyl (C=O) groups excluding carboxylic acids is 1. The van der Waals surface area contributed by atoms with Gasteiger partial charge in [0.25, 0.3) is 5.91 Å². The molecule has 0 aliphatic carbocycles. The van der Waals surface area contributed by atoms with E-state index in [1.165, 1.54) is 5.56 Å².